The number of pyridine rings is 1. The Hall–Kier alpha value is -2.24. The molecule has 1 aromatic heterocycles. The minimum absolute atomic E-state index is 0.0737. The quantitative estimate of drug-likeness (QED) is 0.352. The fourth-order valence-electron chi connectivity index (χ4n) is 4.44. The van der Waals surface area contributed by atoms with E-state index in [9.17, 15) is 17.6 Å². The summed E-state index contributed by atoms with van der Waals surface area (Å²) < 4.78 is 69.5. The molecule has 2 saturated heterocycles. The van der Waals surface area contributed by atoms with Gasteiger partial charge in [-0.1, -0.05) is 24.1 Å². The van der Waals surface area contributed by atoms with Crippen molar-refractivity contribution in [3.8, 4) is 5.88 Å². The highest BCUT2D eigenvalue weighted by Gasteiger charge is 2.47. The first kappa shape index (κ1) is 27.8. The van der Waals surface area contributed by atoms with Crippen LogP contribution in [0.5, 0.6) is 5.88 Å². The van der Waals surface area contributed by atoms with Crippen molar-refractivity contribution in [3.05, 3.63) is 47.8 Å². The van der Waals surface area contributed by atoms with Gasteiger partial charge in [-0.05, 0) is 45.4 Å². The molecule has 204 valence electrons. The van der Waals surface area contributed by atoms with Gasteiger partial charge in [0.05, 0.1) is 13.2 Å². The fourth-order valence-corrected chi connectivity index (χ4v) is 5.43. The SMILES string of the molecule is CC1COCCN1c1cc(OC(C)(C)C)nc(N2CCN(SCc3ccc(F)cc3)CC2C(F)(F)F)c1. The molecule has 2 aliphatic rings. The van der Waals surface area contributed by atoms with Gasteiger partial charge in [0.2, 0.25) is 5.88 Å². The highest BCUT2D eigenvalue weighted by molar-refractivity contribution is 7.96. The Morgan fingerprint density at radius 3 is 2.43 bits per heavy atom. The van der Waals surface area contributed by atoms with Gasteiger partial charge in [-0.25, -0.2) is 8.70 Å². The number of hydrogen-bond donors (Lipinski definition) is 0. The van der Waals surface area contributed by atoms with Crippen LogP contribution in [0, 0.1) is 5.82 Å². The van der Waals surface area contributed by atoms with Crippen molar-refractivity contribution in [2.75, 3.05) is 49.2 Å². The summed E-state index contributed by atoms with van der Waals surface area (Å²) >= 11 is 1.33. The zero-order valence-electron chi connectivity index (χ0n) is 21.6. The maximum atomic E-state index is 14.3. The molecule has 2 unspecified atom stereocenters. The van der Waals surface area contributed by atoms with Crippen LogP contribution >= 0.6 is 11.9 Å². The Balaban J connectivity index is 1.58. The molecule has 0 saturated carbocycles. The second-order valence-corrected chi connectivity index (χ2v) is 11.5. The summed E-state index contributed by atoms with van der Waals surface area (Å²) in [7, 11) is 0. The van der Waals surface area contributed by atoms with Crippen molar-refractivity contribution in [2.45, 2.75) is 57.3 Å². The summed E-state index contributed by atoms with van der Waals surface area (Å²) in [6.45, 7) is 9.78. The number of piperazine rings is 1. The van der Waals surface area contributed by atoms with Gasteiger partial charge >= 0.3 is 6.18 Å². The van der Waals surface area contributed by atoms with Crippen molar-refractivity contribution in [1.82, 2.24) is 9.29 Å². The lowest BCUT2D eigenvalue weighted by atomic mass is 10.1. The van der Waals surface area contributed by atoms with Crippen LogP contribution in [-0.2, 0) is 10.5 Å². The van der Waals surface area contributed by atoms with Crippen molar-refractivity contribution in [2.24, 2.45) is 0 Å². The van der Waals surface area contributed by atoms with E-state index >= 15 is 0 Å². The number of halogens is 4. The van der Waals surface area contributed by atoms with Gasteiger partial charge < -0.3 is 19.3 Å². The summed E-state index contributed by atoms with van der Waals surface area (Å²) in [5.41, 5.74) is 1.07. The Bertz CT molecular complexity index is 1050. The molecule has 0 N–H and O–H groups in total. The number of alkyl halides is 3. The van der Waals surface area contributed by atoms with Gasteiger partial charge in [0.1, 0.15) is 23.3 Å². The van der Waals surface area contributed by atoms with Gasteiger partial charge in [-0.2, -0.15) is 18.2 Å². The van der Waals surface area contributed by atoms with E-state index in [0.717, 1.165) is 11.3 Å². The van der Waals surface area contributed by atoms with Gasteiger partial charge in [0.15, 0.2) is 0 Å². The van der Waals surface area contributed by atoms with Gasteiger partial charge in [-0.3, -0.25) is 0 Å². The average Bonchev–Trinajstić information content (AvgIpc) is 2.82. The first-order valence-electron chi connectivity index (χ1n) is 12.4. The molecule has 11 heteroatoms. The number of nitrogens with zero attached hydrogens (tertiary/aromatic N) is 4. The molecule has 2 aliphatic heterocycles. The molecule has 0 aliphatic carbocycles. The molecule has 37 heavy (non-hydrogen) atoms. The smallest absolute Gasteiger partial charge is 0.410 e. The molecule has 0 radical (unpaired) electrons. The van der Waals surface area contributed by atoms with Crippen LogP contribution in [0.2, 0.25) is 0 Å². The van der Waals surface area contributed by atoms with Crippen LogP contribution < -0.4 is 14.5 Å². The number of morpholine rings is 1. The van der Waals surface area contributed by atoms with Crippen molar-refractivity contribution >= 4 is 23.5 Å². The lowest BCUT2D eigenvalue weighted by molar-refractivity contribution is -0.153. The number of hydrogen-bond acceptors (Lipinski definition) is 7. The number of anilines is 2. The van der Waals surface area contributed by atoms with Crippen LogP contribution in [0.25, 0.3) is 0 Å². The number of aromatic nitrogens is 1. The number of benzene rings is 1. The summed E-state index contributed by atoms with van der Waals surface area (Å²) in [6.07, 6.45) is -4.45. The third-order valence-corrected chi connectivity index (χ3v) is 7.38. The molecule has 2 fully saturated rings. The minimum Gasteiger partial charge on any atom is -0.472 e. The predicted octanol–water partition coefficient (Wildman–Crippen LogP) is 5.52. The Morgan fingerprint density at radius 1 is 1.05 bits per heavy atom. The standard InChI is InChI=1S/C26H34F4N4O2S/c1-18-16-35-12-11-33(18)21-13-23(31-24(14-21)36-25(2,3)4)34-10-9-32(15-22(34)26(28,29)30)37-17-19-5-7-20(27)8-6-19/h5-8,13-14,18,22H,9-12,15-17H2,1-4H3. The molecule has 0 amide bonds. The topological polar surface area (TPSA) is 41.1 Å². The van der Waals surface area contributed by atoms with E-state index in [1.807, 2.05) is 27.7 Å². The average molecular weight is 543 g/mol. The van der Waals surface area contributed by atoms with Crippen molar-refractivity contribution in [1.29, 1.82) is 0 Å². The Morgan fingerprint density at radius 2 is 1.78 bits per heavy atom. The van der Waals surface area contributed by atoms with E-state index < -0.39 is 17.8 Å². The molecular weight excluding hydrogens is 508 g/mol. The lowest BCUT2D eigenvalue weighted by Crippen LogP contribution is -2.58. The van der Waals surface area contributed by atoms with Crippen LogP contribution in [0.15, 0.2) is 36.4 Å². The molecule has 0 bridgehead atoms. The fraction of sp³-hybridized carbons (Fsp3) is 0.577. The highest BCUT2D eigenvalue weighted by Crippen LogP contribution is 2.37. The van der Waals surface area contributed by atoms with Crippen LogP contribution in [0.3, 0.4) is 0 Å². The van der Waals surface area contributed by atoms with E-state index in [2.05, 4.69) is 9.88 Å². The van der Waals surface area contributed by atoms with Gasteiger partial charge in [0, 0.05) is 55.8 Å². The molecule has 1 aromatic carbocycles. The predicted molar refractivity (Wildman–Crippen MR) is 139 cm³/mol. The molecule has 2 aromatic rings. The molecule has 0 spiro atoms. The van der Waals surface area contributed by atoms with Crippen molar-refractivity contribution in [3.63, 3.8) is 0 Å². The number of rotatable bonds is 6. The zero-order valence-corrected chi connectivity index (χ0v) is 22.4. The first-order chi connectivity index (χ1) is 17.4. The largest absolute Gasteiger partial charge is 0.472 e. The summed E-state index contributed by atoms with van der Waals surface area (Å²) in [5, 5.41) is 0. The van der Waals surface area contributed by atoms with E-state index in [0.29, 0.717) is 37.9 Å². The molecule has 6 nitrogen and oxygen atoms in total. The Labute approximate surface area is 220 Å². The third-order valence-electron chi connectivity index (χ3n) is 6.23. The Kier molecular flexibility index (Phi) is 8.45. The second kappa shape index (κ2) is 11.2. The maximum Gasteiger partial charge on any atom is 0.410 e. The second-order valence-electron chi connectivity index (χ2n) is 10.4. The summed E-state index contributed by atoms with van der Waals surface area (Å²) in [4.78, 5) is 8.01. The zero-order chi connectivity index (χ0) is 26.8. The van der Waals surface area contributed by atoms with E-state index in [1.54, 1.807) is 28.6 Å². The van der Waals surface area contributed by atoms with Gasteiger partial charge in [-0.15, -0.1) is 0 Å². The first-order valence-corrected chi connectivity index (χ1v) is 13.3. The molecule has 4 rings (SSSR count). The molecule has 2 atom stereocenters. The summed E-state index contributed by atoms with van der Waals surface area (Å²) in [6, 6.07) is 7.90. The van der Waals surface area contributed by atoms with Crippen LogP contribution in [0.1, 0.15) is 33.3 Å². The van der Waals surface area contributed by atoms with Gasteiger partial charge in [0.25, 0.3) is 0 Å². The normalized spacial score (nSPS) is 21.8. The highest BCUT2D eigenvalue weighted by atomic mass is 32.2. The van der Waals surface area contributed by atoms with E-state index in [1.165, 1.54) is 29.0 Å². The third kappa shape index (κ3) is 7.42. The monoisotopic (exact) mass is 542 g/mol. The number of ether oxygens (including phenoxy) is 2. The maximum absolute atomic E-state index is 14.3. The van der Waals surface area contributed by atoms with Crippen LogP contribution in [0.4, 0.5) is 29.1 Å². The van der Waals surface area contributed by atoms with E-state index in [-0.39, 0.29) is 30.8 Å². The van der Waals surface area contributed by atoms with Crippen LogP contribution in [-0.4, -0.2) is 72.5 Å². The minimum atomic E-state index is -4.45. The summed E-state index contributed by atoms with van der Waals surface area (Å²) in [5.74, 6) is 0.682. The molecular formula is C26H34F4N4O2S. The van der Waals surface area contributed by atoms with Crippen molar-refractivity contribution < 1.29 is 27.0 Å². The lowest BCUT2D eigenvalue weighted by Gasteiger charge is -2.43. The van der Waals surface area contributed by atoms with E-state index in [4.69, 9.17) is 9.47 Å². The molecule has 3 heterocycles.